The second-order valence-electron chi connectivity index (χ2n) is 7.93. The standard InChI is InChI=1S/C25H28O5/c1-13(2)7-9-16-18(26)11-21-23(24(16)28)15(5)22-17(10-8-14(3)4)25(29-6)19(27)12-20(22)30-21/h7-8,11-12,26-28H,5,9-10H2,1-4,6H3. The molecule has 3 rings (SSSR count). The summed E-state index contributed by atoms with van der Waals surface area (Å²) in [5.74, 6) is 0.890. The molecule has 0 aliphatic carbocycles. The van der Waals surface area contributed by atoms with Gasteiger partial charge in [-0.2, -0.15) is 0 Å². The number of hydrogen-bond donors (Lipinski definition) is 3. The minimum Gasteiger partial charge on any atom is -0.507 e. The minimum absolute atomic E-state index is 0.0433. The van der Waals surface area contributed by atoms with E-state index in [0.29, 0.717) is 52.4 Å². The van der Waals surface area contributed by atoms with E-state index in [1.165, 1.54) is 19.2 Å². The van der Waals surface area contributed by atoms with Gasteiger partial charge < -0.3 is 24.8 Å². The highest BCUT2D eigenvalue weighted by Crippen LogP contribution is 2.54. The Bertz CT molecular complexity index is 1080. The van der Waals surface area contributed by atoms with Crippen LogP contribution in [0, 0.1) is 0 Å². The van der Waals surface area contributed by atoms with Crippen LogP contribution < -0.4 is 9.47 Å². The first-order chi connectivity index (χ1) is 14.1. The van der Waals surface area contributed by atoms with Crippen molar-refractivity contribution in [2.45, 2.75) is 40.5 Å². The molecule has 30 heavy (non-hydrogen) atoms. The number of methoxy groups -OCH3 is 1. The number of benzene rings is 2. The summed E-state index contributed by atoms with van der Waals surface area (Å²) in [6.45, 7) is 12.1. The van der Waals surface area contributed by atoms with E-state index in [1.807, 2.05) is 39.8 Å². The Hall–Kier alpha value is -3.34. The van der Waals surface area contributed by atoms with Gasteiger partial charge in [-0.25, -0.2) is 0 Å². The zero-order chi connectivity index (χ0) is 22.2. The third-order valence-corrected chi connectivity index (χ3v) is 5.13. The van der Waals surface area contributed by atoms with Crippen molar-refractivity contribution in [3.63, 3.8) is 0 Å². The van der Waals surface area contributed by atoms with E-state index in [1.54, 1.807) is 0 Å². The van der Waals surface area contributed by atoms with Gasteiger partial charge in [0, 0.05) is 28.8 Å². The quantitative estimate of drug-likeness (QED) is 0.452. The van der Waals surface area contributed by atoms with Gasteiger partial charge in [-0.3, -0.25) is 0 Å². The van der Waals surface area contributed by atoms with Crippen LogP contribution in [0.15, 0.2) is 42.0 Å². The lowest BCUT2D eigenvalue weighted by Gasteiger charge is -2.27. The Balaban J connectivity index is 2.23. The average Bonchev–Trinajstić information content (AvgIpc) is 2.64. The second-order valence-corrected chi connectivity index (χ2v) is 7.93. The van der Waals surface area contributed by atoms with Gasteiger partial charge in [0.15, 0.2) is 11.5 Å². The van der Waals surface area contributed by atoms with Crippen LogP contribution in [0.4, 0.5) is 0 Å². The summed E-state index contributed by atoms with van der Waals surface area (Å²) in [6.07, 6.45) is 4.85. The summed E-state index contributed by atoms with van der Waals surface area (Å²) >= 11 is 0. The van der Waals surface area contributed by atoms with Gasteiger partial charge in [-0.05, 0) is 46.1 Å². The topological polar surface area (TPSA) is 79.2 Å². The number of phenols is 3. The fraction of sp³-hybridized carbons (Fsp3) is 0.280. The molecular formula is C25H28O5. The SMILES string of the molecule is C=C1c2c(cc(O)c(CC=C(C)C)c2O)Oc2cc(O)c(OC)c(CC=C(C)C)c21. The van der Waals surface area contributed by atoms with Crippen molar-refractivity contribution >= 4 is 5.57 Å². The molecule has 3 N–H and O–H groups in total. The fourth-order valence-electron chi connectivity index (χ4n) is 3.61. The van der Waals surface area contributed by atoms with Gasteiger partial charge in [-0.15, -0.1) is 0 Å². The number of aromatic hydroxyl groups is 3. The molecule has 0 bridgehead atoms. The average molecular weight is 408 g/mol. The lowest BCUT2D eigenvalue weighted by atomic mass is 9.87. The smallest absolute Gasteiger partial charge is 0.164 e. The molecule has 0 unspecified atom stereocenters. The molecule has 0 saturated heterocycles. The highest BCUT2D eigenvalue weighted by atomic mass is 16.5. The largest absolute Gasteiger partial charge is 0.507 e. The molecule has 0 aromatic heterocycles. The third-order valence-electron chi connectivity index (χ3n) is 5.13. The van der Waals surface area contributed by atoms with Crippen LogP contribution in [0.1, 0.15) is 49.9 Å². The van der Waals surface area contributed by atoms with Crippen molar-refractivity contribution in [1.29, 1.82) is 0 Å². The molecule has 2 aromatic rings. The lowest BCUT2D eigenvalue weighted by Crippen LogP contribution is -2.08. The van der Waals surface area contributed by atoms with E-state index in [-0.39, 0.29) is 17.2 Å². The highest BCUT2D eigenvalue weighted by Gasteiger charge is 2.31. The number of phenolic OH excluding ortho intramolecular Hbond substituents is 3. The summed E-state index contributed by atoms with van der Waals surface area (Å²) in [5, 5.41) is 31.9. The van der Waals surface area contributed by atoms with E-state index < -0.39 is 0 Å². The van der Waals surface area contributed by atoms with Gasteiger partial charge in [0.05, 0.1) is 12.7 Å². The monoisotopic (exact) mass is 408 g/mol. The van der Waals surface area contributed by atoms with Gasteiger partial charge >= 0.3 is 0 Å². The molecule has 0 spiro atoms. The van der Waals surface area contributed by atoms with Gasteiger partial charge in [0.25, 0.3) is 0 Å². The first-order valence-electron chi connectivity index (χ1n) is 9.80. The molecule has 158 valence electrons. The molecule has 0 radical (unpaired) electrons. The van der Waals surface area contributed by atoms with Crippen LogP contribution in [0.5, 0.6) is 34.5 Å². The maximum Gasteiger partial charge on any atom is 0.164 e. The van der Waals surface area contributed by atoms with E-state index in [4.69, 9.17) is 9.47 Å². The Morgan fingerprint density at radius 3 is 2.00 bits per heavy atom. The number of fused-ring (bicyclic) bond motifs is 2. The van der Waals surface area contributed by atoms with Crippen LogP contribution in [0.25, 0.3) is 5.57 Å². The fourth-order valence-corrected chi connectivity index (χ4v) is 3.61. The highest BCUT2D eigenvalue weighted by molar-refractivity contribution is 5.93. The number of hydrogen-bond acceptors (Lipinski definition) is 5. The lowest BCUT2D eigenvalue weighted by molar-refractivity contribution is 0.365. The maximum atomic E-state index is 11.0. The molecule has 5 nitrogen and oxygen atoms in total. The van der Waals surface area contributed by atoms with Crippen LogP contribution >= 0.6 is 0 Å². The maximum absolute atomic E-state index is 11.0. The van der Waals surface area contributed by atoms with Crippen LogP contribution in [0.3, 0.4) is 0 Å². The predicted molar refractivity (Wildman–Crippen MR) is 119 cm³/mol. The number of allylic oxidation sites excluding steroid dienone is 4. The van der Waals surface area contributed by atoms with Gasteiger partial charge in [-0.1, -0.05) is 29.9 Å². The summed E-state index contributed by atoms with van der Waals surface area (Å²) in [7, 11) is 1.50. The van der Waals surface area contributed by atoms with Crippen molar-refractivity contribution < 1.29 is 24.8 Å². The van der Waals surface area contributed by atoms with Gasteiger partial charge in [0.1, 0.15) is 23.0 Å². The first-order valence-corrected chi connectivity index (χ1v) is 9.80. The van der Waals surface area contributed by atoms with E-state index >= 15 is 0 Å². The van der Waals surface area contributed by atoms with Crippen LogP contribution in [-0.2, 0) is 12.8 Å². The van der Waals surface area contributed by atoms with Crippen molar-refractivity contribution in [2.75, 3.05) is 7.11 Å². The Labute approximate surface area is 177 Å². The van der Waals surface area contributed by atoms with Crippen molar-refractivity contribution in [2.24, 2.45) is 0 Å². The van der Waals surface area contributed by atoms with E-state index in [9.17, 15) is 15.3 Å². The first kappa shape index (κ1) is 21.4. The molecule has 1 heterocycles. The minimum atomic E-state index is -0.0571. The van der Waals surface area contributed by atoms with E-state index in [0.717, 1.165) is 16.7 Å². The Morgan fingerprint density at radius 1 is 0.900 bits per heavy atom. The normalized spacial score (nSPS) is 11.8. The molecule has 0 saturated carbocycles. The third kappa shape index (κ3) is 3.75. The predicted octanol–water partition coefficient (Wildman–Crippen LogP) is 6.00. The zero-order valence-corrected chi connectivity index (χ0v) is 18.1. The second kappa shape index (κ2) is 8.19. The molecule has 2 aromatic carbocycles. The van der Waals surface area contributed by atoms with Crippen molar-refractivity contribution in [3.05, 3.63) is 64.3 Å². The Kier molecular flexibility index (Phi) is 5.83. The molecule has 1 aliphatic rings. The van der Waals surface area contributed by atoms with Crippen LogP contribution in [0.2, 0.25) is 0 Å². The Morgan fingerprint density at radius 2 is 1.43 bits per heavy atom. The summed E-state index contributed by atoms with van der Waals surface area (Å²) < 4.78 is 11.4. The number of rotatable bonds is 5. The zero-order valence-electron chi connectivity index (χ0n) is 18.1. The van der Waals surface area contributed by atoms with Crippen molar-refractivity contribution in [1.82, 2.24) is 0 Å². The van der Waals surface area contributed by atoms with Gasteiger partial charge in [0.2, 0.25) is 0 Å². The molecule has 1 aliphatic heterocycles. The molecule has 0 amide bonds. The van der Waals surface area contributed by atoms with E-state index in [2.05, 4.69) is 6.58 Å². The summed E-state index contributed by atoms with van der Waals surface area (Å²) in [6, 6.07) is 2.95. The van der Waals surface area contributed by atoms with Crippen LogP contribution in [-0.4, -0.2) is 22.4 Å². The van der Waals surface area contributed by atoms with Crippen molar-refractivity contribution in [3.8, 4) is 34.5 Å². The summed E-state index contributed by atoms with van der Waals surface area (Å²) in [5.41, 5.74) is 5.00. The number of ether oxygens (including phenoxy) is 2. The molecular weight excluding hydrogens is 380 g/mol. The molecule has 5 heteroatoms. The molecule has 0 fully saturated rings. The molecule has 0 atom stereocenters. The summed E-state index contributed by atoms with van der Waals surface area (Å²) in [4.78, 5) is 0.